The molecule has 138 valence electrons. The second-order valence-corrected chi connectivity index (χ2v) is 9.04. The van der Waals surface area contributed by atoms with Crippen LogP contribution in [0, 0.1) is 6.92 Å². The monoisotopic (exact) mass is 397 g/mol. The minimum absolute atomic E-state index is 0.166. The molecule has 0 saturated carbocycles. The van der Waals surface area contributed by atoms with Crippen LogP contribution in [0.4, 0.5) is 0 Å². The molecule has 0 radical (unpaired) electrons. The van der Waals surface area contributed by atoms with E-state index in [-0.39, 0.29) is 4.90 Å². The first-order valence-corrected chi connectivity index (χ1v) is 11.0. The third kappa shape index (κ3) is 3.36. The van der Waals surface area contributed by atoms with Gasteiger partial charge >= 0.3 is 10.1 Å². The van der Waals surface area contributed by atoms with Crippen LogP contribution in [0.25, 0.3) is 16.5 Å². The second kappa shape index (κ2) is 7.03. The lowest BCUT2D eigenvalue weighted by atomic mass is 10.00. The van der Waals surface area contributed by atoms with E-state index in [0.717, 1.165) is 38.3 Å². The molecule has 1 aliphatic rings. The summed E-state index contributed by atoms with van der Waals surface area (Å²) in [7, 11) is -3.92. The molecule has 0 saturated heterocycles. The molecular weight excluding hydrogens is 378 g/mol. The highest BCUT2D eigenvalue weighted by molar-refractivity contribution is 7.99. The molecule has 0 atom stereocenters. The Morgan fingerprint density at radius 1 is 0.963 bits per heavy atom. The highest BCUT2D eigenvalue weighted by atomic mass is 32.2. The first-order valence-electron chi connectivity index (χ1n) is 8.57. The molecule has 0 aromatic heterocycles. The van der Waals surface area contributed by atoms with Crippen molar-refractivity contribution in [2.24, 2.45) is 0 Å². The lowest BCUT2D eigenvalue weighted by Crippen LogP contribution is -2.22. The van der Waals surface area contributed by atoms with Crippen molar-refractivity contribution in [1.82, 2.24) is 5.48 Å². The Morgan fingerprint density at radius 3 is 2.52 bits per heavy atom. The van der Waals surface area contributed by atoms with Crippen molar-refractivity contribution in [3.05, 3.63) is 77.4 Å². The van der Waals surface area contributed by atoms with E-state index in [1.165, 1.54) is 0 Å². The number of nitrogens with one attached hydrogen (secondary N) is 1. The molecule has 0 bridgehead atoms. The summed E-state index contributed by atoms with van der Waals surface area (Å²) in [6.07, 6.45) is 0. The molecule has 0 spiro atoms. The van der Waals surface area contributed by atoms with Gasteiger partial charge in [0.1, 0.15) is 0 Å². The van der Waals surface area contributed by atoms with E-state index in [0.29, 0.717) is 5.56 Å². The fourth-order valence-electron chi connectivity index (χ4n) is 3.22. The SMILES string of the molecule is CC1=C(NOS(=O)(=O)c2ccccc2C)c2c(ccc3ccccc23)SC1. The highest BCUT2D eigenvalue weighted by Crippen LogP contribution is 2.40. The minimum Gasteiger partial charge on any atom is -0.249 e. The standard InChI is InChI=1S/C21H19NO3S2/c1-14-7-3-6-10-19(14)27(23,24)25-22-21-15(2)13-26-18-12-11-16-8-4-5-9-17(16)20(18)21/h3-12,22H,13H2,1-2H3. The molecule has 4 nitrogen and oxygen atoms in total. The molecule has 0 aliphatic carbocycles. The lowest BCUT2D eigenvalue weighted by molar-refractivity contribution is 0.257. The third-order valence-electron chi connectivity index (χ3n) is 4.63. The molecule has 1 heterocycles. The van der Waals surface area contributed by atoms with Crippen molar-refractivity contribution in [2.75, 3.05) is 5.75 Å². The number of hydroxylamine groups is 1. The van der Waals surface area contributed by atoms with Crippen LogP contribution in [0.5, 0.6) is 0 Å². The van der Waals surface area contributed by atoms with E-state index >= 15 is 0 Å². The van der Waals surface area contributed by atoms with Gasteiger partial charge in [-0.05, 0) is 47.9 Å². The Bertz CT molecular complexity index is 1170. The normalized spacial score (nSPS) is 14.3. The van der Waals surface area contributed by atoms with E-state index in [1.807, 2.05) is 31.2 Å². The zero-order valence-corrected chi connectivity index (χ0v) is 16.7. The fourth-order valence-corrected chi connectivity index (χ4v) is 5.25. The number of thioether (sulfide) groups is 1. The van der Waals surface area contributed by atoms with Gasteiger partial charge in [0, 0.05) is 16.2 Å². The Morgan fingerprint density at radius 2 is 1.70 bits per heavy atom. The van der Waals surface area contributed by atoms with Crippen molar-refractivity contribution in [3.63, 3.8) is 0 Å². The predicted octanol–water partition coefficient (Wildman–Crippen LogP) is 4.90. The van der Waals surface area contributed by atoms with Gasteiger partial charge in [-0.2, -0.15) is 8.42 Å². The van der Waals surface area contributed by atoms with Gasteiger partial charge in [0.15, 0.2) is 0 Å². The average molecular weight is 398 g/mol. The number of fused-ring (bicyclic) bond motifs is 3. The second-order valence-electron chi connectivity index (χ2n) is 6.51. The van der Waals surface area contributed by atoms with E-state index in [1.54, 1.807) is 43.0 Å². The smallest absolute Gasteiger partial charge is 0.249 e. The average Bonchev–Trinajstić information content (AvgIpc) is 2.67. The van der Waals surface area contributed by atoms with Gasteiger partial charge in [-0.3, -0.25) is 0 Å². The molecule has 0 amide bonds. The molecule has 1 N–H and O–H groups in total. The summed E-state index contributed by atoms with van der Waals surface area (Å²) in [5.41, 5.74) is 6.17. The Hall–Kier alpha value is -2.28. The van der Waals surface area contributed by atoms with Gasteiger partial charge < -0.3 is 0 Å². The number of rotatable bonds is 4. The number of aryl methyl sites for hydroxylation is 1. The summed E-state index contributed by atoms with van der Waals surface area (Å²) in [5, 5.41) is 2.17. The van der Waals surface area contributed by atoms with Crippen LogP contribution in [0.1, 0.15) is 18.1 Å². The van der Waals surface area contributed by atoms with Crippen LogP contribution >= 0.6 is 11.8 Å². The summed E-state index contributed by atoms with van der Waals surface area (Å²) in [4.78, 5) is 1.28. The molecule has 3 aromatic rings. The van der Waals surface area contributed by atoms with E-state index in [2.05, 4.69) is 17.6 Å². The Balaban J connectivity index is 1.73. The van der Waals surface area contributed by atoms with Crippen LogP contribution in [0.3, 0.4) is 0 Å². The summed E-state index contributed by atoms with van der Waals surface area (Å²) < 4.78 is 30.6. The zero-order valence-electron chi connectivity index (χ0n) is 15.0. The zero-order chi connectivity index (χ0) is 19.0. The molecule has 6 heteroatoms. The molecule has 0 fully saturated rings. The first-order chi connectivity index (χ1) is 13.0. The maximum atomic E-state index is 12.7. The maximum absolute atomic E-state index is 12.7. The van der Waals surface area contributed by atoms with Gasteiger partial charge in [-0.1, -0.05) is 48.5 Å². The van der Waals surface area contributed by atoms with Gasteiger partial charge in [-0.25, -0.2) is 5.48 Å². The number of hydrogen-bond acceptors (Lipinski definition) is 5. The van der Waals surface area contributed by atoms with Gasteiger partial charge in [0.25, 0.3) is 0 Å². The maximum Gasteiger partial charge on any atom is 0.317 e. The van der Waals surface area contributed by atoms with Crippen molar-refractivity contribution in [1.29, 1.82) is 0 Å². The van der Waals surface area contributed by atoms with Crippen LogP contribution < -0.4 is 5.48 Å². The van der Waals surface area contributed by atoms with Crippen molar-refractivity contribution < 1.29 is 12.7 Å². The first kappa shape index (κ1) is 18.1. The quantitative estimate of drug-likeness (QED) is 0.635. The third-order valence-corrected chi connectivity index (χ3v) is 7.16. The van der Waals surface area contributed by atoms with Gasteiger partial charge in [0.2, 0.25) is 0 Å². The van der Waals surface area contributed by atoms with Crippen molar-refractivity contribution >= 4 is 38.3 Å². The van der Waals surface area contributed by atoms with Gasteiger partial charge in [0.05, 0.1) is 10.6 Å². The van der Waals surface area contributed by atoms with Gasteiger partial charge in [-0.15, -0.1) is 16.0 Å². The molecule has 4 rings (SSSR count). The molecule has 1 aliphatic heterocycles. The molecule has 3 aromatic carbocycles. The number of hydrogen-bond donors (Lipinski definition) is 1. The van der Waals surface area contributed by atoms with E-state index in [4.69, 9.17) is 4.28 Å². The van der Waals surface area contributed by atoms with Crippen LogP contribution in [-0.2, 0) is 14.4 Å². The van der Waals surface area contributed by atoms with Crippen molar-refractivity contribution in [2.45, 2.75) is 23.6 Å². The highest BCUT2D eigenvalue weighted by Gasteiger charge is 2.23. The summed E-state index contributed by atoms with van der Waals surface area (Å²) >= 11 is 1.74. The Labute approximate surface area is 163 Å². The van der Waals surface area contributed by atoms with Crippen LogP contribution in [0.15, 0.2) is 76.0 Å². The molecule has 0 unspecified atom stereocenters. The molecular formula is C21H19NO3S2. The largest absolute Gasteiger partial charge is 0.317 e. The van der Waals surface area contributed by atoms with Crippen molar-refractivity contribution in [3.8, 4) is 0 Å². The lowest BCUT2D eigenvalue weighted by Gasteiger charge is -2.23. The predicted molar refractivity (Wildman–Crippen MR) is 110 cm³/mol. The molecule has 27 heavy (non-hydrogen) atoms. The van der Waals surface area contributed by atoms with E-state index in [9.17, 15) is 8.42 Å². The topological polar surface area (TPSA) is 55.4 Å². The van der Waals surface area contributed by atoms with Crippen LogP contribution in [-0.4, -0.2) is 14.2 Å². The summed E-state index contributed by atoms with van der Waals surface area (Å²) in [6, 6.07) is 19.0. The Kier molecular flexibility index (Phi) is 4.72. The minimum atomic E-state index is -3.92. The summed E-state index contributed by atoms with van der Waals surface area (Å²) in [5.74, 6) is 0.779. The number of benzene rings is 3. The van der Waals surface area contributed by atoms with Crippen LogP contribution in [0.2, 0.25) is 0 Å². The van der Waals surface area contributed by atoms with E-state index < -0.39 is 10.1 Å². The fraction of sp³-hybridized carbons (Fsp3) is 0.143. The summed E-state index contributed by atoms with van der Waals surface area (Å²) in [6.45, 7) is 3.74.